The second-order valence-electron chi connectivity index (χ2n) is 3.29. The molecule has 0 saturated carbocycles. The van der Waals surface area contributed by atoms with Gasteiger partial charge in [-0.2, -0.15) is 0 Å². The van der Waals surface area contributed by atoms with Crippen LogP contribution in [0.5, 0.6) is 0 Å². The Kier molecular flexibility index (Phi) is 9.97. The molecule has 0 aromatic heterocycles. The summed E-state index contributed by atoms with van der Waals surface area (Å²) in [6.45, 7) is 5.98. The van der Waals surface area contributed by atoms with Crippen molar-refractivity contribution in [1.29, 1.82) is 0 Å². The fourth-order valence-electron chi connectivity index (χ4n) is 0.428. The summed E-state index contributed by atoms with van der Waals surface area (Å²) in [6, 6.07) is 9.79. The summed E-state index contributed by atoms with van der Waals surface area (Å²) in [7, 11) is 0. The second-order valence-corrected chi connectivity index (χ2v) is 5.22. The molecule has 74 valence electrons. The first kappa shape index (κ1) is 16.1. The molecule has 0 nitrogen and oxygen atoms in total. The number of hydrogen-bond acceptors (Lipinski definition) is 1. The molecule has 3 heteroatoms. The average Bonchev–Trinajstić information content (AvgIpc) is 1.85. The molecule has 0 heterocycles. The zero-order valence-electron chi connectivity index (χ0n) is 7.64. The van der Waals surface area contributed by atoms with Crippen LogP contribution in [0.4, 0.5) is 0 Å². The topological polar surface area (TPSA) is 0 Å². The molecule has 0 atom stereocenters. The van der Waals surface area contributed by atoms with Crippen molar-refractivity contribution in [1.82, 2.24) is 0 Å². The van der Waals surface area contributed by atoms with Crippen LogP contribution < -0.4 is 0 Å². The van der Waals surface area contributed by atoms with Gasteiger partial charge >= 0.3 is 60.0 Å². The third kappa shape index (κ3) is 19.2. The Balaban J connectivity index is 0. The molecule has 1 aromatic rings. The van der Waals surface area contributed by atoms with E-state index in [0.29, 0.717) is 0 Å². The molecule has 0 fully saturated rings. The molecule has 0 amide bonds. The van der Waals surface area contributed by atoms with Crippen molar-refractivity contribution in [3.8, 4) is 0 Å². The fraction of sp³-hybridized carbons (Fsp3) is 0.400. The number of hydrogen-bond donors (Lipinski definition) is 1. The molecule has 0 N–H and O–H groups in total. The molecule has 0 aliphatic rings. The summed E-state index contributed by atoms with van der Waals surface area (Å²) in [5.41, 5.74) is 0. The van der Waals surface area contributed by atoms with E-state index >= 15 is 0 Å². The molecule has 0 unspecified atom stereocenters. The number of benzene rings is 1. The monoisotopic (exact) mass is 238 g/mol. The van der Waals surface area contributed by atoms with Gasteiger partial charge in [-0.3, -0.25) is 0 Å². The zero-order chi connectivity index (χ0) is 9.61. The predicted octanol–water partition coefficient (Wildman–Crippen LogP) is 3.08. The molecular formula is C10H16CuLiS. The van der Waals surface area contributed by atoms with Crippen molar-refractivity contribution in [2.75, 3.05) is 0 Å². The Morgan fingerprint density at radius 1 is 1.08 bits per heavy atom. The van der Waals surface area contributed by atoms with E-state index in [1.807, 2.05) is 51.1 Å². The Labute approximate surface area is 107 Å². The van der Waals surface area contributed by atoms with Crippen molar-refractivity contribution in [3.63, 3.8) is 0 Å². The van der Waals surface area contributed by atoms with Gasteiger partial charge in [0, 0.05) is 4.90 Å². The van der Waals surface area contributed by atoms with Crippen LogP contribution in [-0.2, 0) is 16.0 Å². The Morgan fingerprint density at radius 2 is 1.38 bits per heavy atom. The van der Waals surface area contributed by atoms with Gasteiger partial charge in [-0.15, -0.1) is 12.6 Å². The van der Waals surface area contributed by atoms with Crippen LogP contribution in [0.25, 0.3) is 0 Å². The van der Waals surface area contributed by atoms with Crippen molar-refractivity contribution in [2.24, 2.45) is 0 Å². The van der Waals surface area contributed by atoms with E-state index in [0.717, 1.165) is 4.90 Å². The van der Waals surface area contributed by atoms with E-state index in [-0.39, 0.29) is 23.2 Å². The minimum absolute atomic E-state index is 0. The summed E-state index contributed by atoms with van der Waals surface area (Å²) in [6.07, 6.45) is 0. The van der Waals surface area contributed by atoms with Crippen molar-refractivity contribution in [2.45, 2.75) is 30.0 Å². The fourth-order valence-corrected chi connectivity index (χ4v) is 0.600. The Bertz CT molecular complexity index is 200. The molecule has 1 rings (SSSR count). The zero-order valence-corrected chi connectivity index (χ0v) is 9.47. The molecular weight excluding hydrogens is 223 g/mol. The standard InChI is InChI=1S/C6H6S.C4H9.Cu.Li.H/c7-6-4-2-1-3-5-6;1-4(2)3;;;/h1-5,7H;1-3H3;;;. The van der Waals surface area contributed by atoms with Crippen molar-refractivity contribution < 1.29 is 16.0 Å². The summed E-state index contributed by atoms with van der Waals surface area (Å²) in [4.78, 5) is 1.02. The first-order valence-corrected chi connectivity index (χ1v) is 4.70. The number of rotatable bonds is 0. The predicted molar refractivity (Wildman–Crippen MR) is 60.6 cm³/mol. The van der Waals surface area contributed by atoms with Gasteiger partial charge < -0.3 is 0 Å². The molecule has 0 spiro atoms. The van der Waals surface area contributed by atoms with Gasteiger partial charge in [-0.05, 0) is 12.1 Å². The van der Waals surface area contributed by atoms with Crippen LogP contribution in [0.1, 0.15) is 20.8 Å². The quantitative estimate of drug-likeness (QED) is 0.521. The van der Waals surface area contributed by atoms with Crippen LogP contribution in [-0.4, -0.2) is 18.9 Å². The van der Waals surface area contributed by atoms with Crippen LogP contribution >= 0.6 is 12.6 Å². The Morgan fingerprint density at radius 3 is 1.54 bits per heavy atom. The summed E-state index contributed by atoms with van der Waals surface area (Å²) < 4.78 is 0.0625. The van der Waals surface area contributed by atoms with E-state index in [1.165, 1.54) is 0 Å². The van der Waals surface area contributed by atoms with Crippen LogP contribution in [0.2, 0.25) is 4.31 Å². The van der Waals surface area contributed by atoms with Gasteiger partial charge in [0.05, 0.1) is 0 Å². The van der Waals surface area contributed by atoms with E-state index in [2.05, 4.69) is 12.6 Å². The van der Waals surface area contributed by atoms with Gasteiger partial charge in [0.1, 0.15) is 0 Å². The minimum atomic E-state index is 0. The SMILES string of the molecule is C[C](C)(C)[Cu].Sc1ccccc1.[LiH]. The molecule has 0 bridgehead atoms. The van der Waals surface area contributed by atoms with Gasteiger partial charge in [-0.1, -0.05) is 18.2 Å². The van der Waals surface area contributed by atoms with Crippen LogP contribution in [0, 0.1) is 0 Å². The maximum atomic E-state index is 4.96. The third-order valence-corrected chi connectivity index (χ3v) is 1.05. The van der Waals surface area contributed by atoms with Crippen molar-refractivity contribution in [3.05, 3.63) is 30.3 Å². The van der Waals surface area contributed by atoms with Crippen molar-refractivity contribution >= 4 is 31.5 Å². The van der Waals surface area contributed by atoms with Crippen LogP contribution in [0.3, 0.4) is 0 Å². The molecule has 1 aromatic carbocycles. The molecule has 0 saturated heterocycles. The summed E-state index contributed by atoms with van der Waals surface area (Å²) >= 11 is 9.04. The molecule has 0 aliphatic heterocycles. The third-order valence-electron chi connectivity index (χ3n) is 0.756. The summed E-state index contributed by atoms with van der Waals surface area (Å²) in [5, 5.41) is 0. The summed E-state index contributed by atoms with van der Waals surface area (Å²) in [5.74, 6) is 0. The Hall–Kier alpha value is 0.687. The molecule has 0 radical (unpaired) electrons. The van der Waals surface area contributed by atoms with E-state index < -0.39 is 0 Å². The van der Waals surface area contributed by atoms with E-state index in [9.17, 15) is 0 Å². The average molecular weight is 239 g/mol. The first-order valence-electron chi connectivity index (χ1n) is 3.79. The molecule has 13 heavy (non-hydrogen) atoms. The van der Waals surface area contributed by atoms with Crippen LogP contribution in [0.15, 0.2) is 35.2 Å². The maximum absolute atomic E-state index is 4.96. The van der Waals surface area contributed by atoms with E-state index in [4.69, 9.17) is 16.0 Å². The first-order chi connectivity index (χ1) is 5.39. The second kappa shape index (κ2) is 8.03. The van der Waals surface area contributed by atoms with Gasteiger partial charge in [0.25, 0.3) is 0 Å². The molecule has 0 aliphatic carbocycles. The van der Waals surface area contributed by atoms with Gasteiger partial charge in [0.2, 0.25) is 0 Å². The van der Waals surface area contributed by atoms with E-state index in [1.54, 1.807) is 0 Å². The van der Waals surface area contributed by atoms with Gasteiger partial charge in [0.15, 0.2) is 0 Å². The normalized spacial score (nSPS) is 9.38. The number of thiol groups is 1. The van der Waals surface area contributed by atoms with Gasteiger partial charge in [-0.25, -0.2) is 0 Å².